The van der Waals surface area contributed by atoms with Crippen LogP contribution in [0.25, 0.3) is 0 Å². The van der Waals surface area contributed by atoms with Crippen LogP contribution in [0.3, 0.4) is 0 Å². The van der Waals surface area contributed by atoms with Crippen LogP contribution in [-0.4, -0.2) is 27.7 Å². The Hall–Kier alpha value is -2.31. The maximum absolute atomic E-state index is 13.0. The fraction of sp³-hybridized carbons (Fsp3) is 0.250. The van der Waals surface area contributed by atoms with Crippen molar-refractivity contribution in [1.29, 1.82) is 0 Å². The molecule has 0 unspecified atom stereocenters. The number of aliphatic carboxylic acids is 1. The van der Waals surface area contributed by atoms with Crippen LogP contribution >= 0.6 is 0 Å². The minimum atomic E-state index is -1.19. The van der Waals surface area contributed by atoms with E-state index < -0.39 is 17.6 Å². The van der Waals surface area contributed by atoms with Crippen LogP contribution in [0.2, 0.25) is 0 Å². The van der Waals surface area contributed by atoms with Crippen molar-refractivity contribution in [3.8, 4) is 0 Å². The Morgan fingerprint density at radius 2 is 2.05 bits per heavy atom. The first-order chi connectivity index (χ1) is 8.97. The van der Waals surface area contributed by atoms with E-state index in [4.69, 9.17) is 5.11 Å². The number of hydrogen-bond donors (Lipinski definition) is 1. The number of hydrogen-bond acceptors (Lipinski definition) is 3. The molecule has 100 valence electrons. The molecule has 2 rings (SSSR count). The fourth-order valence-electron chi connectivity index (χ4n) is 1.69. The highest BCUT2D eigenvalue weighted by atomic mass is 19.2. The molecule has 0 saturated carbocycles. The van der Waals surface area contributed by atoms with Gasteiger partial charge in [-0.2, -0.15) is 5.10 Å². The van der Waals surface area contributed by atoms with E-state index in [0.717, 1.165) is 17.1 Å². The van der Waals surface area contributed by atoms with Crippen molar-refractivity contribution < 1.29 is 23.5 Å². The molecule has 1 N–H and O–H groups in total. The number of rotatable bonds is 3. The Morgan fingerprint density at radius 3 is 2.68 bits per heavy atom. The SMILES string of the molecule is O=C(O)C1=NN(Cc2ccc(F)c(F)c2)C(=O)CC1. The summed E-state index contributed by atoms with van der Waals surface area (Å²) in [5.41, 5.74) is 0.213. The Labute approximate surface area is 107 Å². The van der Waals surface area contributed by atoms with E-state index in [9.17, 15) is 18.4 Å². The van der Waals surface area contributed by atoms with Crippen molar-refractivity contribution in [2.45, 2.75) is 19.4 Å². The molecule has 0 aromatic heterocycles. The molecule has 1 aliphatic heterocycles. The normalized spacial score (nSPS) is 15.4. The first kappa shape index (κ1) is 13.1. The summed E-state index contributed by atoms with van der Waals surface area (Å²) >= 11 is 0. The van der Waals surface area contributed by atoms with Crippen molar-refractivity contribution in [2.75, 3.05) is 0 Å². The van der Waals surface area contributed by atoms with Crippen molar-refractivity contribution in [1.82, 2.24) is 5.01 Å². The van der Waals surface area contributed by atoms with Crippen molar-refractivity contribution in [2.24, 2.45) is 5.10 Å². The van der Waals surface area contributed by atoms with Gasteiger partial charge in [0, 0.05) is 12.8 Å². The first-order valence-corrected chi connectivity index (χ1v) is 5.52. The fourth-order valence-corrected chi connectivity index (χ4v) is 1.69. The topological polar surface area (TPSA) is 70.0 Å². The third kappa shape index (κ3) is 2.93. The van der Waals surface area contributed by atoms with Crippen LogP contribution in [0.4, 0.5) is 8.78 Å². The monoisotopic (exact) mass is 268 g/mol. The third-order valence-electron chi connectivity index (χ3n) is 2.67. The van der Waals surface area contributed by atoms with E-state index in [0.29, 0.717) is 5.56 Å². The maximum atomic E-state index is 13.0. The van der Waals surface area contributed by atoms with Gasteiger partial charge in [0.15, 0.2) is 11.6 Å². The van der Waals surface area contributed by atoms with Gasteiger partial charge in [-0.3, -0.25) is 4.79 Å². The van der Waals surface area contributed by atoms with Gasteiger partial charge in [0.05, 0.1) is 6.54 Å². The average molecular weight is 268 g/mol. The summed E-state index contributed by atoms with van der Waals surface area (Å²) < 4.78 is 25.8. The highest BCUT2D eigenvalue weighted by molar-refractivity contribution is 6.36. The number of carbonyl (C=O) groups excluding carboxylic acids is 1. The van der Waals surface area contributed by atoms with E-state index >= 15 is 0 Å². The molecule has 1 aromatic carbocycles. The molecule has 1 aromatic rings. The predicted octanol–water partition coefficient (Wildman–Crippen LogP) is 1.53. The molecule has 5 nitrogen and oxygen atoms in total. The van der Waals surface area contributed by atoms with Gasteiger partial charge in [-0.25, -0.2) is 18.6 Å². The Bertz CT molecular complexity index is 572. The molecule has 19 heavy (non-hydrogen) atoms. The zero-order valence-electron chi connectivity index (χ0n) is 9.77. The minimum absolute atomic E-state index is 0.0365. The number of carboxylic acids is 1. The van der Waals surface area contributed by atoms with E-state index in [2.05, 4.69) is 5.10 Å². The predicted molar refractivity (Wildman–Crippen MR) is 61.2 cm³/mol. The third-order valence-corrected chi connectivity index (χ3v) is 2.67. The number of benzene rings is 1. The van der Waals surface area contributed by atoms with Crippen LogP contribution < -0.4 is 0 Å². The van der Waals surface area contributed by atoms with Gasteiger partial charge >= 0.3 is 5.97 Å². The molecule has 0 radical (unpaired) electrons. The van der Waals surface area contributed by atoms with Crippen LogP contribution in [0, 0.1) is 11.6 Å². The number of carbonyl (C=O) groups is 2. The quantitative estimate of drug-likeness (QED) is 0.903. The average Bonchev–Trinajstić information content (AvgIpc) is 2.36. The molecule has 7 heteroatoms. The van der Waals surface area contributed by atoms with Crippen LogP contribution in [0.1, 0.15) is 18.4 Å². The molecule has 0 fully saturated rings. The number of amides is 1. The summed E-state index contributed by atoms with van der Waals surface area (Å²) in [6, 6.07) is 3.21. The summed E-state index contributed by atoms with van der Waals surface area (Å²) in [7, 11) is 0. The van der Waals surface area contributed by atoms with E-state index in [-0.39, 0.29) is 31.0 Å². The van der Waals surface area contributed by atoms with Gasteiger partial charge in [0.2, 0.25) is 5.91 Å². The number of halogens is 2. The van der Waals surface area contributed by atoms with Crippen LogP contribution in [-0.2, 0) is 16.1 Å². The first-order valence-electron chi connectivity index (χ1n) is 5.52. The van der Waals surface area contributed by atoms with Crippen molar-refractivity contribution >= 4 is 17.6 Å². The second kappa shape index (κ2) is 5.13. The molecule has 0 saturated heterocycles. The summed E-state index contributed by atoms with van der Waals surface area (Å²) in [6.45, 7) is -0.0905. The van der Waals surface area contributed by atoms with Gasteiger partial charge in [0.25, 0.3) is 0 Å². The second-order valence-electron chi connectivity index (χ2n) is 4.05. The van der Waals surface area contributed by atoms with Crippen molar-refractivity contribution in [3.63, 3.8) is 0 Å². The lowest BCUT2D eigenvalue weighted by Crippen LogP contribution is -2.33. The highest BCUT2D eigenvalue weighted by Crippen LogP contribution is 2.15. The summed E-state index contributed by atoms with van der Waals surface area (Å²) in [5.74, 6) is -3.55. The number of nitrogens with zero attached hydrogens (tertiary/aromatic N) is 2. The molecule has 0 spiro atoms. The second-order valence-corrected chi connectivity index (χ2v) is 4.05. The molecular weight excluding hydrogens is 258 g/mol. The summed E-state index contributed by atoms with van der Waals surface area (Å²) in [4.78, 5) is 22.4. The highest BCUT2D eigenvalue weighted by Gasteiger charge is 2.24. The zero-order valence-corrected chi connectivity index (χ0v) is 9.77. The molecule has 0 aliphatic carbocycles. The van der Waals surface area contributed by atoms with Gasteiger partial charge < -0.3 is 5.11 Å². The van der Waals surface area contributed by atoms with Crippen molar-refractivity contribution in [3.05, 3.63) is 35.4 Å². The van der Waals surface area contributed by atoms with Crippen LogP contribution in [0.15, 0.2) is 23.3 Å². The number of hydrazone groups is 1. The molecular formula is C12H10F2N2O3. The molecule has 1 aliphatic rings. The standard InChI is InChI=1S/C12H10F2N2O3/c13-8-2-1-7(5-9(8)14)6-16-11(17)4-3-10(15-16)12(18)19/h1-2,5H,3-4,6H2,(H,18,19). The van der Waals surface area contributed by atoms with Crippen LogP contribution in [0.5, 0.6) is 0 Å². The van der Waals surface area contributed by atoms with E-state index in [1.165, 1.54) is 6.07 Å². The molecule has 0 bridgehead atoms. The number of carboxylic acid groups (broad SMARTS) is 1. The lowest BCUT2D eigenvalue weighted by Gasteiger charge is -2.22. The summed E-state index contributed by atoms with van der Waals surface area (Å²) in [6.07, 6.45) is 0.108. The van der Waals surface area contributed by atoms with Gasteiger partial charge in [-0.15, -0.1) is 0 Å². The zero-order chi connectivity index (χ0) is 14.0. The van der Waals surface area contributed by atoms with E-state index in [1.54, 1.807) is 0 Å². The Kier molecular flexibility index (Phi) is 3.55. The smallest absolute Gasteiger partial charge is 0.352 e. The maximum Gasteiger partial charge on any atom is 0.352 e. The Balaban J connectivity index is 2.20. The van der Waals surface area contributed by atoms with E-state index in [1.807, 2.05) is 0 Å². The van der Waals surface area contributed by atoms with Gasteiger partial charge in [-0.1, -0.05) is 6.07 Å². The van der Waals surface area contributed by atoms with Gasteiger partial charge in [0.1, 0.15) is 5.71 Å². The Morgan fingerprint density at radius 1 is 1.32 bits per heavy atom. The molecule has 0 atom stereocenters. The molecule has 1 amide bonds. The lowest BCUT2D eigenvalue weighted by atomic mass is 10.1. The largest absolute Gasteiger partial charge is 0.477 e. The minimum Gasteiger partial charge on any atom is -0.477 e. The van der Waals surface area contributed by atoms with Gasteiger partial charge in [-0.05, 0) is 17.7 Å². The molecule has 1 heterocycles. The summed E-state index contributed by atoms with van der Waals surface area (Å²) in [5, 5.41) is 13.5. The lowest BCUT2D eigenvalue weighted by molar-refractivity contribution is -0.133.